The number of ether oxygens (including phenoxy) is 1. The van der Waals surface area contributed by atoms with E-state index in [-0.39, 0.29) is 6.61 Å². The molecule has 0 fully saturated rings. The molecule has 0 atom stereocenters. The first kappa shape index (κ1) is 9.62. The lowest BCUT2D eigenvalue weighted by molar-refractivity contribution is 0.111. The fourth-order valence-corrected chi connectivity index (χ4v) is 0.560. The summed E-state index contributed by atoms with van der Waals surface area (Å²) in [7, 11) is 0. The van der Waals surface area contributed by atoms with Crippen molar-refractivity contribution in [2.45, 2.75) is 0 Å². The first-order valence-electron chi connectivity index (χ1n) is 2.44. The number of hydrogen-bond donors (Lipinski definition) is 1. The third kappa shape index (κ3) is 6.51. The number of rotatable bonds is 4. The summed E-state index contributed by atoms with van der Waals surface area (Å²) in [6.45, 7) is 0.963. The van der Waals surface area contributed by atoms with Gasteiger partial charge in [-0.05, 0) is 4.99 Å². The summed E-state index contributed by atoms with van der Waals surface area (Å²) in [6.07, 6.45) is 0. The Hall–Kier alpha value is 0.620. The highest BCUT2D eigenvalue weighted by Gasteiger charge is 1.88. The maximum Gasteiger partial charge on any atom is 0.0788 e. The third-order valence-corrected chi connectivity index (χ3v) is 2.22. The molecule has 54 valence electrons. The average Bonchev–Trinajstić information content (AvgIpc) is 1.89. The molecule has 0 saturated heterocycles. The molecular formula is C5H8Br2O2. The molecule has 0 bridgehead atoms. The average molecular weight is 260 g/mol. The van der Waals surface area contributed by atoms with E-state index in [1.165, 1.54) is 0 Å². The van der Waals surface area contributed by atoms with Crippen molar-refractivity contribution in [2.24, 2.45) is 0 Å². The van der Waals surface area contributed by atoms with Crippen LogP contribution in [-0.2, 0) is 4.74 Å². The lowest BCUT2D eigenvalue weighted by atomic mass is 10.7. The number of halogens is 2. The second-order valence-electron chi connectivity index (χ2n) is 1.33. The molecular weight excluding hydrogens is 252 g/mol. The molecule has 0 radical (unpaired) electrons. The molecule has 0 rings (SSSR count). The molecule has 0 aliphatic rings. The third-order valence-electron chi connectivity index (χ3n) is 0.594. The van der Waals surface area contributed by atoms with E-state index in [0.29, 0.717) is 13.2 Å². The van der Waals surface area contributed by atoms with Gasteiger partial charge in [0.2, 0.25) is 0 Å². The molecule has 0 saturated carbocycles. The standard InChI is InChI=1S/C5H8Br2O2/c6-3-5(7)4-9-2-1-8/h3,8H,1-2,4H2/b5-3+. The van der Waals surface area contributed by atoms with Gasteiger partial charge in [-0.1, -0.05) is 31.9 Å². The number of hydrogen-bond acceptors (Lipinski definition) is 2. The first-order chi connectivity index (χ1) is 4.31. The Morgan fingerprint density at radius 2 is 2.33 bits per heavy atom. The molecule has 0 aliphatic carbocycles. The fourth-order valence-electron chi connectivity index (χ4n) is 0.266. The Labute approximate surface area is 71.2 Å². The largest absolute Gasteiger partial charge is 0.394 e. The number of aliphatic hydroxyl groups excluding tert-OH is 1. The summed E-state index contributed by atoms with van der Waals surface area (Å²) in [4.78, 5) is 1.73. The van der Waals surface area contributed by atoms with Gasteiger partial charge in [-0.3, -0.25) is 0 Å². The lowest BCUT2D eigenvalue weighted by Gasteiger charge is -1.97. The van der Waals surface area contributed by atoms with Crippen molar-refractivity contribution in [3.8, 4) is 0 Å². The monoisotopic (exact) mass is 258 g/mol. The zero-order chi connectivity index (χ0) is 7.11. The van der Waals surface area contributed by atoms with Crippen LogP contribution in [0.3, 0.4) is 0 Å². The summed E-state index contributed by atoms with van der Waals surface area (Å²) in [6, 6.07) is 0. The van der Waals surface area contributed by atoms with Crippen molar-refractivity contribution < 1.29 is 9.84 Å². The highest BCUT2D eigenvalue weighted by atomic mass is 79.9. The van der Waals surface area contributed by atoms with Crippen LogP contribution >= 0.6 is 31.9 Å². The van der Waals surface area contributed by atoms with Crippen molar-refractivity contribution in [1.29, 1.82) is 0 Å². The molecule has 0 heterocycles. The van der Waals surface area contributed by atoms with E-state index < -0.39 is 0 Å². The van der Waals surface area contributed by atoms with Crippen molar-refractivity contribution in [3.63, 3.8) is 0 Å². The molecule has 0 spiro atoms. The SMILES string of the molecule is OCCOC/C(Br)=C\Br. The van der Waals surface area contributed by atoms with Crippen LogP contribution in [0, 0.1) is 0 Å². The second kappa shape index (κ2) is 6.74. The minimum atomic E-state index is 0.0720. The first-order valence-corrected chi connectivity index (χ1v) is 4.15. The van der Waals surface area contributed by atoms with E-state index in [0.717, 1.165) is 4.48 Å². The van der Waals surface area contributed by atoms with Crippen LogP contribution in [0.2, 0.25) is 0 Å². The van der Waals surface area contributed by atoms with Crippen LogP contribution < -0.4 is 0 Å². The van der Waals surface area contributed by atoms with Gasteiger partial charge < -0.3 is 9.84 Å². The summed E-state index contributed by atoms with van der Waals surface area (Å²) < 4.78 is 5.87. The van der Waals surface area contributed by atoms with Crippen LogP contribution in [0.1, 0.15) is 0 Å². The van der Waals surface area contributed by atoms with Crippen molar-refractivity contribution in [3.05, 3.63) is 9.47 Å². The van der Waals surface area contributed by atoms with Gasteiger partial charge in [-0.25, -0.2) is 0 Å². The van der Waals surface area contributed by atoms with E-state index in [1.807, 2.05) is 0 Å². The Bertz CT molecular complexity index is 93.0. The van der Waals surface area contributed by atoms with Gasteiger partial charge in [0.25, 0.3) is 0 Å². The highest BCUT2D eigenvalue weighted by molar-refractivity contribution is 9.14. The minimum absolute atomic E-state index is 0.0720. The summed E-state index contributed by atoms with van der Waals surface area (Å²) in [5.41, 5.74) is 0. The molecule has 0 aliphatic heterocycles. The maximum atomic E-state index is 8.28. The molecule has 4 heteroatoms. The second-order valence-corrected chi connectivity index (χ2v) is 2.81. The maximum absolute atomic E-state index is 8.28. The van der Waals surface area contributed by atoms with Crippen LogP contribution in [0.25, 0.3) is 0 Å². The van der Waals surface area contributed by atoms with E-state index in [2.05, 4.69) is 31.9 Å². The van der Waals surface area contributed by atoms with E-state index in [1.54, 1.807) is 4.99 Å². The van der Waals surface area contributed by atoms with Gasteiger partial charge in [0.1, 0.15) is 0 Å². The van der Waals surface area contributed by atoms with Gasteiger partial charge >= 0.3 is 0 Å². The normalized spacial score (nSPS) is 12.1. The van der Waals surface area contributed by atoms with E-state index in [4.69, 9.17) is 9.84 Å². The van der Waals surface area contributed by atoms with Crippen LogP contribution in [0.4, 0.5) is 0 Å². The molecule has 1 N–H and O–H groups in total. The van der Waals surface area contributed by atoms with Gasteiger partial charge in [-0.15, -0.1) is 0 Å². The zero-order valence-electron chi connectivity index (χ0n) is 4.81. The molecule has 0 aromatic rings. The fraction of sp³-hybridized carbons (Fsp3) is 0.600. The summed E-state index contributed by atoms with van der Waals surface area (Å²) in [5, 5.41) is 8.28. The smallest absolute Gasteiger partial charge is 0.0788 e. The zero-order valence-corrected chi connectivity index (χ0v) is 7.98. The summed E-state index contributed by atoms with van der Waals surface area (Å²) >= 11 is 6.33. The molecule has 2 nitrogen and oxygen atoms in total. The van der Waals surface area contributed by atoms with Gasteiger partial charge in [0, 0.05) is 4.48 Å². The van der Waals surface area contributed by atoms with Crippen LogP contribution in [0.15, 0.2) is 9.47 Å². The van der Waals surface area contributed by atoms with Crippen molar-refractivity contribution >= 4 is 31.9 Å². The molecule has 0 unspecified atom stereocenters. The van der Waals surface area contributed by atoms with Gasteiger partial charge in [-0.2, -0.15) is 0 Å². The van der Waals surface area contributed by atoms with Gasteiger partial charge in [0.05, 0.1) is 19.8 Å². The molecule has 9 heavy (non-hydrogen) atoms. The minimum Gasteiger partial charge on any atom is -0.394 e. The Morgan fingerprint density at radius 1 is 1.67 bits per heavy atom. The highest BCUT2D eigenvalue weighted by Crippen LogP contribution is 2.06. The van der Waals surface area contributed by atoms with Gasteiger partial charge in [0.15, 0.2) is 0 Å². The lowest BCUT2D eigenvalue weighted by Crippen LogP contribution is -1.99. The quantitative estimate of drug-likeness (QED) is 0.778. The van der Waals surface area contributed by atoms with E-state index in [9.17, 15) is 0 Å². The topological polar surface area (TPSA) is 29.5 Å². The Kier molecular flexibility index (Phi) is 7.20. The predicted octanol–water partition coefficient (Wildman–Crippen LogP) is 1.63. The van der Waals surface area contributed by atoms with E-state index >= 15 is 0 Å². The Balaban J connectivity index is 3.07. The molecule has 0 aromatic carbocycles. The van der Waals surface area contributed by atoms with Crippen molar-refractivity contribution in [1.82, 2.24) is 0 Å². The Morgan fingerprint density at radius 3 is 2.78 bits per heavy atom. The predicted molar refractivity (Wildman–Crippen MR) is 43.8 cm³/mol. The van der Waals surface area contributed by atoms with Crippen LogP contribution in [0.5, 0.6) is 0 Å². The molecule has 0 amide bonds. The number of aliphatic hydroxyl groups is 1. The molecule has 0 aromatic heterocycles. The summed E-state index contributed by atoms with van der Waals surface area (Å²) in [5.74, 6) is 0. The van der Waals surface area contributed by atoms with Crippen LogP contribution in [-0.4, -0.2) is 24.9 Å². The van der Waals surface area contributed by atoms with Crippen molar-refractivity contribution in [2.75, 3.05) is 19.8 Å².